The summed E-state index contributed by atoms with van der Waals surface area (Å²) in [6.07, 6.45) is 0. The second-order valence-electron chi connectivity index (χ2n) is 4.63. The summed E-state index contributed by atoms with van der Waals surface area (Å²) in [6, 6.07) is 13.8. The monoisotopic (exact) mass is 364 g/mol. The molecular formula is C15H13BrN2O2S. The Kier molecular flexibility index (Phi) is 4.66. The molecular weight excluding hydrogens is 352 g/mol. The van der Waals surface area contributed by atoms with Crippen LogP contribution in [0.4, 0.5) is 5.69 Å². The molecule has 0 unspecified atom stereocenters. The van der Waals surface area contributed by atoms with Gasteiger partial charge in [0, 0.05) is 10.2 Å². The first-order valence-electron chi connectivity index (χ1n) is 6.15. The predicted molar refractivity (Wildman–Crippen MR) is 86.3 cm³/mol. The van der Waals surface area contributed by atoms with Crippen molar-refractivity contribution in [3.05, 3.63) is 63.6 Å². The van der Waals surface area contributed by atoms with Crippen molar-refractivity contribution >= 4 is 31.6 Å². The molecule has 0 aliphatic heterocycles. The molecule has 1 N–H and O–H groups in total. The van der Waals surface area contributed by atoms with Crippen LogP contribution in [-0.4, -0.2) is 8.42 Å². The van der Waals surface area contributed by atoms with Crippen LogP contribution in [0.15, 0.2) is 46.9 Å². The standard InChI is InChI=1S/C15H13BrN2O2S/c1-11-2-7-14(8-15(11)16)18-21(19,20)10-13-5-3-12(9-17)4-6-13/h2-8,18H,10H2,1H3. The number of hydrogen-bond acceptors (Lipinski definition) is 3. The van der Waals surface area contributed by atoms with E-state index < -0.39 is 10.0 Å². The largest absolute Gasteiger partial charge is 0.283 e. The van der Waals surface area contributed by atoms with E-state index in [0.717, 1.165) is 10.0 Å². The summed E-state index contributed by atoms with van der Waals surface area (Å²) in [5.41, 5.74) is 2.69. The van der Waals surface area contributed by atoms with Crippen molar-refractivity contribution in [2.75, 3.05) is 4.72 Å². The number of sulfonamides is 1. The van der Waals surface area contributed by atoms with Crippen LogP contribution in [0.2, 0.25) is 0 Å². The lowest BCUT2D eigenvalue weighted by Gasteiger charge is -2.09. The van der Waals surface area contributed by atoms with Gasteiger partial charge < -0.3 is 0 Å². The van der Waals surface area contributed by atoms with E-state index >= 15 is 0 Å². The van der Waals surface area contributed by atoms with Gasteiger partial charge in [-0.1, -0.05) is 34.1 Å². The Morgan fingerprint density at radius 2 is 1.86 bits per heavy atom. The highest BCUT2D eigenvalue weighted by Crippen LogP contribution is 2.22. The minimum absolute atomic E-state index is 0.135. The quantitative estimate of drug-likeness (QED) is 0.901. The van der Waals surface area contributed by atoms with Crippen LogP contribution in [0.25, 0.3) is 0 Å². The minimum Gasteiger partial charge on any atom is -0.283 e. The molecule has 0 saturated carbocycles. The maximum atomic E-state index is 12.1. The number of benzene rings is 2. The summed E-state index contributed by atoms with van der Waals surface area (Å²) >= 11 is 3.37. The van der Waals surface area contributed by atoms with Gasteiger partial charge in [-0.25, -0.2) is 8.42 Å². The Balaban J connectivity index is 2.14. The van der Waals surface area contributed by atoms with E-state index in [4.69, 9.17) is 5.26 Å². The second kappa shape index (κ2) is 6.29. The van der Waals surface area contributed by atoms with Crippen molar-refractivity contribution in [2.24, 2.45) is 0 Å². The Morgan fingerprint density at radius 1 is 1.19 bits per heavy atom. The maximum Gasteiger partial charge on any atom is 0.236 e. The van der Waals surface area contributed by atoms with Gasteiger partial charge in [0.2, 0.25) is 10.0 Å². The smallest absolute Gasteiger partial charge is 0.236 e. The summed E-state index contributed by atoms with van der Waals surface area (Å²) in [5, 5.41) is 8.72. The van der Waals surface area contributed by atoms with Crippen molar-refractivity contribution in [3.8, 4) is 6.07 Å². The van der Waals surface area contributed by atoms with Crippen molar-refractivity contribution in [2.45, 2.75) is 12.7 Å². The number of nitrogens with one attached hydrogen (secondary N) is 1. The number of nitriles is 1. The highest BCUT2D eigenvalue weighted by Gasteiger charge is 2.12. The average Bonchev–Trinajstić information content (AvgIpc) is 2.43. The van der Waals surface area contributed by atoms with Crippen molar-refractivity contribution < 1.29 is 8.42 Å². The zero-order valence-corrected chi connectivity index (χ0v) is 13.7. The highest BCUT2D eigenvalue weighted by atomic mass is 79.9. The van der Waals surface area contributed by atoms with Crippen LogP contribution >= 0.6 is 15.9 Å². The lowest BCUT2D eigenvalue weighted by Crippen LogP contribution is -2.15. The Hall–Kier alpha value is -1.84. The first-order chi connectivity index (χ1) is 9.89. The third-order valence-corrected chi connectivity index (χ3v) is 5.00. The second-order valence-corrected chi connectivity index (χ2v) is 7.21. The lowest BCUT2D eigenvalue weighted by atomic mass is 10.2. The normalized spacial score (nSPS) is 10.9. The van der Waals surface area contributed by atoms with Crippen LogP contribution in [0.1, 0.15) is 16.7 Å². The van der Waals surface area contributed by atoms with Gasteiger partial charge in [-0.05, 0) is 42.3 Å². The minimum atomic E-state index is -3.49. The zero-order valence-electron chi connectivity index (χ0n) is 11.3. The summed E-state index contributed by atoms with van der Waals surface area (Å²) in [6.45, 7) is 1.93. The van der Waals surface area contributed by atoms with Crippen LogP contribution in [-0.2, 0) is 15.8 Å². The molecule has 0 amide bonds. The molecule has 2 rings (SSSR count). The molecule has 0 aliphatic carbocycles. The van der Waals surface area contributed by atoms with Crippen molar-refractivity contribution in [1.29, 1.82) is 5.26 Å². The van der Waals surface area contributed by atoms with E-state index in [-0.39, 0.29) is 5.75 Å². The molecule has 0 aliphatic rings. The first kappa shape index (κ1) is 15.5. The SMILES string of the molecule is Cc1ccc(NS(=O)(=O)Cc2ccc(C#N)cc2)cc1Br. The van der Waals surface area contributed by atoms with E-state index in [0.29, 0.717) is 16.8 Å². The molecule has 0 aromatic heterocycles. The predicted octanol–water partition coefficient (Wildman–Crippen LogP) is 3.57. The van der Waals surface area contributed by atoms with Crippen molar-refractivity contribution in [3.63, 3.8) is 0 Å². The molecule has 0 heterocycles. The van der Waals surface area contributed by atoms with E-state index in [1.165, 1.54) is 0 Å². The van der Waals surface area contributed by atoms with Gasteiger partial charge in [-0.15, -0.1) is 0 Å². The van der Waals surface area contributed by atoms with E-state index in [9.17, 15) is 8.42 Å². The van der Waals surface area contributed by atoms with Gasteiger partial charge in [0.05, 0.1) is 17.4 Å². The molecule has 0 spiro atoms. The highest BCUT2D eigenvalue weighted by molar-refractivity contribution is 9.10. The number of nitrogens with zero attached hydrogens (tertiary/aromatic N) is 1. The maximum absolute atomic E-state index is 12.1. The molecule has 0 radical (unpaired) electrons. The van der Waals surface area contributed by atoms with Crippen LogP contribution in [0.5, 0.6) is 0 Å². The molecule has 2 aromatic rings. The van der Waals surface area contributed by atoms with Gasteiger partial charge >= 0.3 is 0 Å². The number of halogens is 1. The molecule has 6 heteroatoms. The summed E-state index contributed by atoms with van der Waals surface area (Å²) in [4.78, 5) is 0. The number of aryl methyl sites for hydroxylation is 1. The number of rotatable bonds is 4. The van der Waals surface area contributed by atoms with Crippen LogP contribution in [0, 0.1) is 18.3 Å². The molecule has 21 heavy (non-hydrogen) atoms. The zero-order chi connectivity index (χ0) is 15.5. The van der Waals surface area contributed by atoms with Crippen LogP contribution in [0.3, 0.4) is 0 Å². The summed E-state index contributed by atoms with van der Waals surface area (Å²) < 4.78 is 27.6. The fraction of sp³-hybridized carbons (Fsp3) is 0.133. The fourth-order valence-electron chi connectivity index (χ4n) is 1.77. The van der Waals surface area contributed by atoms with Crippen LogP contribution < -0.4 is 4.72 Å². The summed E-state index contributed by atoms with van der Waals surface area (Å²) in [5.74, 6) is -0.135. The topological polar surface area (TPSA) is 70.0 Å². The van der Waals surface area contributed by atoms with Gasteiger partial charge in [0.15, 0.2) is 0 Å². The number of hydrogen-bond donors (Lipinski definition) is 1. The third-order valence-electron chi connectivity index (χ3n) is 2.88. The lowest BCUT2D eigenvalue weighted by molar-refractivity contribution is 0.600. The van der Waals surface area contributed by atoms with Gasteiger partial charge in [-0.3, -0.25) is 4.72 Å². The first-order valence-corrected chi connectivity index (χ1v) is 8.60. The molecule has 0 atom stereocenters. The Morgan fingerprint density at radius 3 is 2.43 bits per heavy atom. The van der Waals surface area contributed by atoms with E-state index in [2.05, 4.69) is 20.7 Å². The summed E-state index contributed by atoms with van der Waals surface area (Å²) in [7, 11) is -3.49. The molecule has 108 valence electrons. The van der Waals surface area contributed by atoms with Gasteiger partial charge in [0.1, 0.15) is 0 Å². The molecule has 0 fully saturated rings. The number of anilines is 1. The van der Waals surface area contributed by atoms with E-state index in [1.54, 1.807) is 36.4 Å². The third kappa shape index (κ3) is 4.31. The van der Waals surface area contributed by atoms with Gasteiger partial charge in [0.25, 0.3) is 0 Å². The van der Waals surface area contributed by atoms with Gasteiger partial charge in [-0.2, -0.15) is 5.26 Å². The average molecular weight is 365 g/mol. The molecule has 0 saturated heterocycles. The Bertz CT molecular complexity index is 793. The fourth-order valence-corrected chi connectivity index (χ4v) is 3.34. The molecule has 2 aromatic carbocycles. The Labute approximate surface area is 132 Å². The van der Waals surface area contributed by atoms with Crippen molar-refractivity contribution in [1.82, 2.24) is 0 Å². The molecule has 0 bridgehead atoms. The molecule has 4 nitrogen and oxygen atoms in total. The van der Waals surface area contributed by atoms with E-state index in [1.807, 2.05) is 19.1 Å².